The summed E-state index contributed by atoms with van der Waals surface area (Å²) < 4.78 is 10.4. The first-order valence-electron chi connectivity index (χ1n) is 10.3. The molecule has 4 rings (SSSR count). The minimum absolute atomic E-state index is 0.00224. The molecule has 164 valence electrons. The number of rotatable bonds is 7. The van der Waals surface area contributed by atoms with Crippen molar-refractivity contribution in [3.8, 4) is 11.5 Å². The van der Waals surface area contributed by atoms with Gasteiger partial charge in [-0.05, 0) is 66.9 Å². The van der Waals surface area contributed by atoms with Crippen molar-refractivity contribution in [2.75, 3.05) is 27.3 Å². The molecule has 0 aliphatic rings. The van der Waals surface area contributed by atoms with Gasteiger partial charge in [-0.15, -0.1) is 0 Å². The van der Waals surface area contributed by atoms with E-state index < -0.39 is 0 Å². The molecule has 0 aliphatic heterocycles. The lowest BCUT2D eigenvalue weighted by atomic mass is 10.1. The van der Waals surface area contributed by atoms with Gasteiger partial charge >= 0.3 is 0 Å². The average molecular weight is 423 g/mol. The summed E-state index contributed by atoms with van der Waals surface area (Å²) in [5, 5.41) is 5.14. The maximum absolute atomic E-state index is 10.8. The average Bonchev–Trinajstić information content (AvgIpc) is 3.37. The van der Waals surface area contributed by atoms with Crippen LogP contribution < -0.4 is 20.5 Å². The molecule has 31 heavy (non-hydrogen) atoms. The summed E-state index contributed by atoms with van der Waals surface area (Å²) in [6.45, 7) is 2.85. The highest BCUT2D eigenvalue weighted by Gasteiger charge is 2.05. The number of fused-ring (bicyclic) bond motifs is 2. The van der Waals surface area contributed by atoms with Crippen LogP contribution in [-0.4, -0.2) is 43.2 Å². The van der Waals surface area contributed by atoms with Gasteiger partial charge in [-0.25, -0.2) is 0 Å². The van der Waals surface area contributed by atoms with Gasteiger partial charge in [0.15, 0.2) is 0 Å². The topological polar surface area (TPSA) is 105 Å². The minimum Gasteiger partial charge on any atom is -0.497 e. The molecule has 0 saturated heterocycles. The number of aromatic nitrogens is 2. The Morgan fingerprint density at radius 3 is 1.87 bits per heavy atom. The second kappa shape index (κ2) is 10.5. The van der Waals surface area contributed by atoms with Crippen molar-refractivity contribution in [3.63, 3.8) is 0 Å². The number of aromatic amines is 2. The van der Waals surface area contributed by atoms with Crippen LogP contribution in [0.5, 0.6) is 11.5 Å². The molecule has 0 aliphatic carbocycles. The second-order valence-electron chi connectivity index (χ2n) is 7.22. The van der Waals surface area contributed by atoms with E-state index in [4.69, 9.17) is 15.2 Å². The van der Waals surface area contributed by atoms with Crippen LogP contribution in [-0.2, 0) is 17.6 Å². The Morgan fingerprint density at radius 1 is 0.903 bits per heavy atom. The minimum atomic E-state index is 0.00224. The molecule has 0 bridgehead atoms. The van der Waals surface area contributed by atoms with Gasteiger partial charge in [0.05, 0.1) is 14.2 Å². The Hall–Kier alpha value is -3.45. The fraction of sp³-hybridized carbons (Fsp3) is 0.292. The highest BCUT2D eigenvalue weighted by Crippen LogP contribution is 2.24. The number of carbonyl (C=O) groups excluding carboxylic acids is 1. The number of benzene rings is 2. The predicted molar refractivity (Wildman–Crippen MR) is 125 cm³/mol. The van der Waals surface area contributed by atoms with Crippen molar-refractivity contribution in [1.29, 1.82) is 0 Å². The monoisotopic (exact) mass is 422 g/mol. The van der Waals surface area contributed by atoms with Crippen LogP contribution in [0.2, 0.25) is 0 Å². The number of ether oxygens (including phenoxy) is 2. The van der Waals surface area contributed by atoms with Gasteiger partial charge in [-0.3, -0.25) is 4.79 Å². The zero-order valence-corrected chi connectivity index (χ0v) is 18.2. The normalized spacial score (nSPS) is 10.6. The summed E-state index contributed by atoms with van der Waals surface area (Å²) >= 11 is 0. The molecule has 2 aromatic carbocycles. The first-order valence-corrected chi connectivity index (χ1v) is 10.3. The van der Waals surface area contributed by atoms with E-state index in [9.17, 15) is 4.79 Å². The maximum atomic E-state index is 10.8. The lowest BCUT2D eigenvalue weighted by molar-refractivity contribution is -0.118. The first kappa shape index (κ1) is 22.2. The van der Waals surface area contributed by atoms with Gasteiger partial charge in [0.25, 0.3) is 0 Å². The SMILES string of the molecule is COc1ccc2[nH]cc(CCN)c2c1.COc1ccc2[nH]cc(CCNC(C)=O)c2c1. The summed E-state index contributed by atoms with van der Waals surface area (Å²) in [6.07, 6.45) is 5.70. The van der Waals surface area contributed by atoms with Crippen LogP contribution in [0.15, 0.2) is 48.8 Å². The van der Waals surface area contributed by atoms with Gasteiger partial charge in [0, 0.05) is 47.7 Å². The lowest BCUT2D eigenvalue weighted by Gasteiger charge is -2.03. The molecule has 2 aromatic heterocycles. The maximum Gasteiger partial charge on any atom is 0.216 e. The number of amides is 1. The molecule has 7 nitrogen and oxygen atoms in total. The number of methoxy groups -OCH3 is 2. The van der Waals surface area contributed by atoms with Gasteiger partial charge in [-0.2, -0.15) is 0 Å². The Balaban J connectivity index is 0.000000179. The summed E-state index contributed by atoms with van der Waals surface area (Å²) in [5.41, 5.74) is 10.2. The smallest absolute Gasteiger partial charge is 0.216 e. The first-order chi connectivity index (χ1) is 15.0. The van der Waals surface area contributed by atoms with Crippen LogP contribution in [0.4, 0.5) is 0 Å². The molecule has 4 aromatic rings. The third-order valence-electron chi connectivity index (χ3n) is 5.13. The zero-order chi connectivity index (χ0) is 22.2. The summed E-state index contributed by atoms with van der Waals surface area (Å²) in [5.74, 6) is 1.73. The van der Waals surface area contributed by atoms with Crippen molar-refractivity contribution in [2.45, 2.75) is 19.8 Å². The highest BCUT2D eigenvalue weighted by molar-refractivity contribution is 5.85. The van der Waals surface area contributed by atoms with E-state index in [1.165, 1.54) is 23.4 Å². The predicted octanol–water partition coefficient (Wildman–Crippen LogP) is 3.53. The highest BCUT2D eigenvalue weighted by atomic mass is 16.5. The van der Waals surface area contributed by atoms with Gasteiger partial charge in [-0.1, -0.05) is 0 Å². The zero-order valence-electron chi connectivity index (χ0n) is 18.2. The lowest BCUT2D eigenvalue weighted by Crippen LogP contribution is -2.22. The van der Waals surface area contributed by atoms with Gasteiger partial charge in [0.2, 0.25) is 5.91 Å². The Labute approximate surface area is 181 Å². The standard InChI is InChI=1S/C13H16N2O2.C11H14N2O/c1-9(16)14-6-5-10-8-15-13-4-3-11(17-2)7-12(10)13;1-14-9-2-3-11-10(6-9)8(4-5-12)7-13-11/h3-4,7-8,15H,5-6H2,1-2H3,(H,14,16);2-3,6-7,13H,4-5,12H2,1H3. The van der Waals surface area contributed by atoms with Crippen LogP contribution >= 0.6 is 0 Å². The van der Waals surface area contributed by atoms with Crippen molar-refractivity contribution in [3.05, 3.63) is 59.9 Å². The second-order valence-corrected chi connectivity index (χ2v) is 7.22. The number of hydrogen-bond acceptors (Lipinski definition) is 4. The number of carbonyl (C=O) groups is 1. The Kier molecular flexibility index (Phi) is 7.56. The van der Waals surface area contributed by atoms with E-state index in [-0.39, 0.29) is 5.91 Å². The molecule has 2 heterocycles. The number of hydrogen-bond donors (Lipinski definition) is 4. The van der Waals surface area contributed by atoms with Crippen molar-refractivity contribution in [1.82, 2.24) is 15.3 Å². The van der Waals surface area contributed by atoms with E-state index in [1.807, 2.05) is 48.8 Å². The van der Waals surface area contributed by atoms with Gasteiger partial charge in [0.1, 0.15) is 11.5 Å². The van der Waals surface area contributed by atoms with Crippen molar-refractivity contribution in [2.24, 2.45) is 5.73 Å². The van der Waals surface area contributed by atoms with Crippen LogP contribution in [0, 0.1) is 0 Å². The van der Waals surface area contributed by atoms with Crippen LogP contribution in [0.3, 0.4) is 0 Å². The number of H-pyrrole nitrogens is 2. The molecule has 5 N–H and O–H groups in total. The molecule has 0 radical (unpaired) electrons. The third kappa shape index (κ3) is 5.58. The molecule has 1 amide bonds. The molecule has 0 unspecified atom stereocenters. The van der Waals surface area contributed by atoms with Crippen LogP contribution in [0.25, 0.3) is 21.8 Å². The van der Waals surface area contributed by atoms with E-state index in [2.05, 4.69) is 15.3 Å². The van der Waals surface area contributed by atoms with E-state index in [0.717, 1.165) is 40.8 Å². The van der Waals surface area contributed by atoms with Crippen molar-refractivity contribution < 1.29 is 14.3 Å². The summed E-state index contributed by atoms with van der Waals surface area (Å²) in [6, 6.07) is 11.9. The van der Waals surface area contributed by atoms with Crippen LogP contribution in [0.1, 0.15) is 18.1 Å². The number of nitrogens with one attached hydrogen (secondary N) is 3. The van der Waals surface area contributed by atoms with E-state index in [0.29, 0.717) is 13.1 Å². The molecular weight excluding hydrogens is 392 g/mol. The molecule has 7 heteroatoms. The molecule has 0 spiro atoms. The Morgan fingerprint density at radius 2 is 1.42 bits per heavy atom. The van der Waals surface area contributed by atoms with E-state index in [1.54, 1.807) is 14.2 Å². The molecule has 0 saturated carbocycles. The number of nitrogens with two attached hydrogens (primary N) is 1. The largest absolute Gasteiger partial charge is 0.497 e. The Bertz CT molecular complexity index is 1150. The fourth-order valence-electron chi connectivity index (χ4n) is 3.51. The molecular formula is C24H30N4O3. The fourth-order valence-corrected chi connectivity index (χ4v) is 3.51. The summed E-state index contributed by atoms with van der Waals surface area (Å²) in [7, 11) is 3.33. The van der Waals surface area contributed by atoms with Crippen molar-refractivity contribution >= 4 is 27.7 Å². The van der Waals surface area contributed by atoms with Gasteiger partial charge < -0.3 is 30.5 Å². The molecule has 0 fully saturated rings. The summed E-state index contributed by atoms with van der Waals surface area (Å²) in [4.78, 5) is 17.2. The quantitative estimate of drug-likeness (QED) is 0.366. The van der Waals surface area contributed by atoms with E-state index >= 15 is 0 Å². The molecule has 0 atom stereocenters. The third-order valence-corrected chi connectivity index (χ3v) is 5.13.